The Hall–Kier alpha value is -0.505. The van der Waals surface area contributed by atoms with Crippen LogP contribution in [0.5, 0.6) is 0 Å². The van der Waals surface area contributed by atoms with E-state index in [1.807, 2.05) is 60.7 Å². The number of halogens is 2. The van der Waals surface area contributed by atoms with Gasteiger partial charge in [0.25, 0.3) is 0 Å². The van der Waals surface area contributed by atoms with Gasteiger partial charge in [0.1, 0.15) is 0 Å². The van der Waals surface area contributed by atoms with Crippen LogP contribution in [0.4, 0.5) is 0 Å². The molecule has 1 nitrogen and oxygen atoms in total. The van der Waals surface area contributed by atoms with Crippen LogP contribution in [-0.2, 0) is 45.6 Å². The molecule has 0 bridgehead atoms. The minimum Gasteiger partial charge on any atom is -0.287 e. The average Bonchev–Trinajstić information content (AvgIpc) is 2.48. The molecule has 0 aliphatic rings. The van der Waals surface area contributed by atoms with E-state index in [1.54, 1.807) is 12.2 Å². The van der Waals surface area contributed by atoms with Gasteiger partial charge in [-0.05, 0) is 23.3 Å². The fourth-order valence-corrected chi connectivity index (χ4v) is 2.14. The molecule has 0 atom stereocenters. The molecule has 0 aromatic heterocycles. The molecular formula is C17H12Cl2OPd2. The van der Waals surface area contributed by atoms with Crippen molar-refractivity contribution in [3.05, 3.63) is 81.9 Å². The summed E-state index contributed by atoms with van der Waals surface area (Å²) in [6, 6.07) is 18.8. The number of carbonyl (C=O) groups is 1. The van der Waals surface area contributed by atoms with Crippen molar-refractivity contribution in [3.63, 3.8) is 0 Å². The van der Waals surface area contributed by atoms with E-state index in [1.165, 1.54) is 0 Å². The number of hydrogen-bond acceptors (Lipinski definition) is 1. The first kappa shape index (κ1) is 21.5. The van der Waals surface area contributed by atoms with Crippen molar-refractivity contribution >= 4 is 41.1 Å². The summed E-state index contributed by atoms with van der Waals surface area (Å²) in [7, 11) is 0. The Bertz CT molecular complexity index is 595. The van der Waals surface area contributed by atoms with Gasteiger partial charge >= 0.3 is 0 Å². The molecule has 0 saturated heterocycles. The number of rotatable bonds is 4. The largest absolute Gasteiger partial charge is 0.287 e. The van der Waals surface area contributed by atoms with Crippen molar-refractivity contribution in [2.24, 2.45) is 0 Å². The third-order valence-corrected chi connectivity index (χ3v) is 3.18. The molecule has 0 amide bonds. The van der Waals surface area contributed by atoms with E-state index < -0.39 is 0 Å². The van der Waals surface area contributed by atoms with Crippen LogP contribution in [0.2, 0.25) is 0 Å². The van der Waals surface area contributed by atoms with E-state index in [4.69, 9.17) is 23.2 Å². The average molecular weight is 516 g/mol. The summed E-state index contributed by atoms with van der Waals surface area (Å²) in [5.74, 6) is -0.388. The molecule has 120 valence electrons. The second kappa shape index (κ2) is 11.1. The molecule has 0 heterocycles. The maximum Gasteiger partial charge on any atom is 0.215 e. The summed E-state index contributed by atoms with van der Waals surface area (Å²) in [5, 5.41) is 0.182. The Morgan fingerprint density at radius 2 is 1.00 bits per heavy atom. The zero-order chi connectivity index (χ0) is 14.4. The SMILES string of the molecule is O=C(C(Cl)=Cc1ccccc1)C(Cl)=Cc1ccccc1.[Pd].[Pd]. The summed E-state index contributed by atoms with van der Waals surface area (Å²) >= 11 is 12.0. The van der Waals surface area contributed by atoms with Crippen molar-refractivity contribution in [3.8, 4) is 0 Å². The molecule has 5 heteroatoms. The van der Waals surface area contributed by atoms with Gasteiger partial charge < -0.3 is 0 Å². The zero-order valence-electron chi connectivity index (χ0n) is 11.2. The predicted octanol–water partition coefficient (Wildman–Crippen LogP) is 5.11. The van der Waals surface area contributed by atoms with Gasteiger partial charge in [-0.2, -0.15) is 0 Å². The number of allylic oxidation sites excluding steroid dienone is 2. The molecule has 2 aromatic rings. The molecule has 0 spiro atoms. The van der Waals surface area contributed by atoms with Crippen LogP contribution < -0.4 is 0 Å². The summed E-state index contributed by atoms with van der Waals surface area (Å²) in [6.45, 7) is 0. The summed E-state index contributed by atoms with van der Waals surface area (Å²) < 4.78 is 0. The molecule has 0 N–H and O–H groups in total. The smallest absolute Gasteiger partial charge is 0.215 e. The number of Topliss-reactive ketones (excluding diaryl/α,β-unsaturated/α-hetero) is 1. The molecule has 0 unspecified atom stereocenters. The fraction of sp³-hybridized carbons (Fsp3) is 0. The topological polar surface area (TPSA) is 17.1 Å². The standard InChI is InChI=1S/C17H12Cl2O.2Pd/c18-15(11-13-7-3-1-4-8-13)17(20)16(19)12-14-9-5-2-6-10-14;;/h1-12H;;. The normalized spacial score (nSPS) is 11.2. The Kier molecular flexibility index (Phi) is 10.8. The van der Waals surface area contributed by atoms with E-state index in [0.29, 0.717) is 0 Å². The minimum atomic E-state index is -0.388. The van der Waals surface area contributed by atoms with Crippen LogP contribution in [0.25, 0.3) is 12.2 Å². The van der Waals surface area contributed by atoms with Crippen molar-refractivity contribution in [1.82, 2.24) is 0 Å². The summed E-state index contributed by atoms with van der Waals surface area (Å²) in [5.41, 5.74) is 1.71. The Balaban J connectivity index is 0.00000220. The molecule has 22 heavy (non-hydrogen) atoms. The van der Waals surface area contributed by atoms with Gasteiger partial charge in [0.2, 0.25) is 5.78 Å². The number of carbonyl (C=O) groups excluding carboxylic acids is 1. The molecular weight excluding hydrogens is 504 g/mol. The van der Waals surface area contributed by atoms with Gasteiger partial charge in [-0.25, -0.2) is 0 Å². The third-order valence-electron chi connectivity index (χ3n) is 2.62. The van der Waals surface area contributed by atoms with Gasteiger partial charge in [0, 0.05) is 40.8 Å². The summed E-state index contributed by atoms with van der Waals surface area (Å²) in [4.78, 5) is 12.1. The van der Waals surface area contributed by atoms with Gasteiger partial charge in [-0.3, -0.25) is 4.79 Å². The number of ketones is 1. The maximum atomic E-state index is 12.1. The Morgan fingerprint density at radius 3 is 1.32 bits per heavy atom. The fourth-order valence-electron chi connectivity index (χ4n) is 1.64. The van der Waals surface area contributed by atoms with Crippen molar-refractivity contribution in [2.45, 2.75) is 0 Å². The molecule has 0 aliphatic carbocycles. The Morgan fingerprint density at radius 1 is 0.682 bits per heavy atom. The molecule has 2 rings (SSSR count). The van der Waals surface area contributed by atoms with E-state index in [2.05, 4.69) is 0 Å². The maximum absolute atomic E-state index is 12.1. The van der Waals surface area contributed by atoms with Crippen LogP contribution in [0.1, 0.15) is 11.1 Å². The molecule has 0 aliphatic heterocycles. The molecule has 2 aromatic carbocycles. The van der Waals surface area contributed by atoms with E-state index in [0.717, 1.165) is 11.1 Å². The first-order valence-electron chi connectivity index (χ1n) is 6.06. The van der Waals surface area contributed by atoms with E-state index in [-0.39, 0.29) is 56.7 Å². The van der Waals surface area contributed by atoms with Gasteiger partial charge in [0.15, 0.2) is 0 Å². The van der Waals surface area contributed by atoms with Crippen molar-refractivity contribution < 1.29 is 45.6 Å². The van der Waals surface area contributed by atoms with Gasteiger partial charge in [-0.15, -0.1) is 0 Å². The van der Waals surface area contributed by atoms with Crippen LogP contribution >= 0.6 is 23.2 Å². The monoisotopic (exact) mass is 514 g/mol. The quantitative estimate of drug-likeness (QED) is 0.408. The zero-order valence-corrected chi connectivity index (χ0v) is 15.8. The first-order valence-corrected chi connectivity index (χ1v) is 6.81. The molecule has 0 saturated carbocycles. The number of hydrogen-bond donors (Lipinski definition) is 0. The van der Waals surface area contributed by atoms with Crippen LogP contribution in [0.15, 0.2) is 70.7 Å². The predicted molar refractivity (Wildman–Crippen MR) is 85.6 cm³/mol. The van der Waals surface area contributed by atoms with Crippen LogP contribution in [0.3, 0.4) is 0 Å². The second-order valence-corrected chi connectivity index (χ2v) is 4.95. The first-order chi connectivity index (χ1) is 9.66. The van der Waals surface area contributed by atoms with Crippen LogP contribution in [-0.4, -0.2) is 5.78 Å². The molecule has 0 fully saturated rings. The van der Waals surface area contributed by atoms with Gasteiger partial charge in [-0.1, -0.05) is 83.9 Å². The summed E-state index contributed by atoms with van der Waals surface area (Å²) in [6.07, 6.45) is 3.20. The van der Waals surface area contributed by atoms with E-state index >= 15 is 0 Å². The Labute approximate surface area is 167 Å². The van der Waals surface area contributed by atoms with Crippen molar-refractivity contribution in [1.29, 1.82) is 0 Å². The third kappa shape index (κ3) is 6.72. The van der Waals surface area contributed by atoms with Gasteiger partial charge in [0.05, 0.1) is 10.1 Å². The minimum absolute atomic E-state index is 0. The second-order valence-electron chi connectivity index (χ2n) is 4.14. The number of benzene rings is 2. The molecule has 0 radical (unpaired) electrons. The van der Waals surface area contributed by atoms with E-state index in [9.17, 15) is 4.79 Å². The van der Waals surface area contributed by atoms with Crippen molar-refractivity contribution in [2.75, 3.05) is 0 Å². The van der Waals surface area contributed by atoms with Crippen LogP contribution in [0, 0.1) is 0 Å².